The third-order valence-corrected chi connectivity index (χ3v) is 4.11. The van der Waals surface area contributed by atoms with Crippen LogP contribution < -0.4 is 0 Å². The van der Waals surface area contributed by atoms with Gasteiger partial charge in [-0.3, -0.25) is 4.79 Å². The first-order valence-corrected chi connectivity index (χ1v) is 4.56. The van der Waals surface area contributed by atoms with Crippen molar-refractivity contribution in [3.05, 3.63) is 0 Å². The summed E-state index contributed by atoms with van der Waals surface area (Å²) < 4.78 is 0. The zero-order valence-electron chi connectivity index (χ0n) is 7.55. The Morgan fingerprint density at radius 2 is 2.09 bits per heavy atom. The van der Waals surface area contributed by atoms with E-state index in [1.54, 1.807) is 0 Å². The van der Waals surface area contributed by atoms with Crippen molar-refractivity contribution in [3.8, 4) is 0 Å². The molecule has 3 aliphatic rings. The van der Waals surface area contributed by atoms with Crippen LogP contribution in [0.5, 0.6) is 0 Å². The van der Waals surface area contributed by atoms with Gasteiger partial charge in [0, 0.05) is 12.3 Å². The number of carbonyl (C=O) groups is 1. The fourth-order valence-electron chi connectivity index (χ4n) is 2.90. The van der Waals surface area contributed by atoms with Crippen LogP contribution in [0.3, 0.4) is 0 Å². The van der Waals surface area contributed by atoms with Gasteiger partial charge in [-0.1, -0.05) is 20.8 Å². The summed E-state index contributed by atoms with van der Waals surface area (Å²) in [6.45, 7) is 6.73. The predicted molar refractivity (Wildman–Crippen MR) is 44.2 cm³/mol. The lowest BCUT2D eigenvalue weighted by molar-refractivity contribution is -0.152. The molecule has 2 bridgehead atoms. The molecule has 1 nitrogen and oxygen atoms in total. The van der Waals surface area contributed by atoms with E-state index in [0.717, 1.165) is 6.42 Å². The maximum atomic E-state index is 11.3. The lowest BCUT2D eigenvalue weighted by Gasteiger charge is -2.58. The van der Waals surface area contributed by atoms with Crippen molar-refractivity contribution >= 4 is 5.78 Å². The van der Waals surface area contributed by atoms with Crippen LogP contribution in [0.1, 0.15) is 33.6 Å². The van der Waals surface area contributed by atoms with Crippen LogP contribution in [0.2, 0.25) is 0 Å². The number of hydrogen-bond donors (Lipinski definition) is 0. The predicted octanol–water partition coefficient (Wildman–Crippen LogP) is 2.26. The molecular weight excluding hydrogens is 136 g/mol. The van der Waals surface area contributed by atoms with E-state index in [4.69, 9.17) is 0 Å². The van der Waals surface area contributed by atoms with Crippen LogP contribution in [-0.2, 0) is 4.79 Å². The molecule has 0 heterocycles. The topological polar surface area (TPSA) is 17.1 Å². The molecular formula is C10H16O. The van der Waals surface area contributed by atoms with Gasteiger partial charge in [-0.15, -0.1) is 0 Å². The van der Waals surface area contributed by atoms with E-state index in [0.29, 0.717) is 29.0 Å². The second kappa shape index (κ2) is 1.88. The highest BCUT2D eigenvalue weighted by atomic mass is 16.1. The normalized spacial score (nSPS) is 46.8. The number of fused-ring (bicyclic) bond motifs is 2. The Kier molecular flexibility index (Phi) is 1.25. The summed E-state index contributed by atoms with van der Waals surface area (Å²) in [4.78, 5) is 11.3. The van der Waals surface area contributed by atoms with Gasteiger partial charge in [0.15, 0.2) is 0 Å². The van der Waals surface area contributed by atoms with Gasteiger partial charge in [0.2, 0.25) is 0 Å². The number of Topliss-reactive ketones (excluding diaryl/α,β-unsaturated/α-hetero) is 1. The summed E-state index contributed by atoms with van der Waals surface area (Å²) in [5.41, 5.74) is 0.466. The zero-order chi connectivity index (χ0) is 8.22. The maximum Gasteiger partial charge on any atom is 0.136 e. The second-order valence-electron chi connectivity index (χ2n) is 4.82. The van der Waals surface area contributed by atoms with Crippen LogP contribution in [-0.4, -0.2) is 5.78 Å². The molecule has 11 heavy (non-hydrogen) atoms. The van der Waals surface area contributed by atoms with E-state index >= 15 is 0 Å². The average molecular weight is 152 g/mol. The van der Waals surface area contributed by atoms with Crippen molar-refractivity contribution in [2.24, 2.45) is 23.2 Å². The highest BCUT2D eigenvalue weighted by Gasteiger charge is 2.55. The Bertz CT molecular complexity index is 205. The molecule has 0 spiro atoms. The van der Waals surface area contributed by atoms with E-state index in [2.05, 4.69) is 20.8 Å². The largest absolute Gasteiger partial charge is 0.299 e. The number of ketones is 1. The lowest BCUT2D eigenvalue weighted by Crippen LogP contribution is -2.55. The van der Waals surface area contributed by atoms with Crippen molar-refractivity contribution in [2.75, 3.05) is 0 Å². The standard InChI is InChI=1S/C10H16O/c1-6-8-4-7(5-9(6)11)10(8,2)3/h6-8H,4-5H2,1-3H3/t6?,7-,8-/m1/s1. The first kappa shape index (κ1) is 7.33. The van der Waals surface area contributed by atoms with Crippen LogP contribution >= 0.6 is 0 Å². The van der Waals surface area contributed by atoms with Crippen LogP contribution in [0, 0.1) is 23.2 Å². The van der Waals surface area contributed by atoms with Crippen molar-refractivity contribution in [3.63, 3.8) is 0 Å². The minimum Gasteiger partial charge on any atom is -0.299 e. The smallest absolute Gasteiger partial charge is 0.136 e. The van der Waals surface area contributed by atoms with E-state index in [9.17, 15) is 4.79 Å². The number of carbonyl (C=O) groups excluding carboxylic acids is 1. The number of rotatable bonds is 0. The molecule has 0 aromatic carbocycles. The molecule has 3 saturated carbocycles. The van der Waals surface area contributed by atoms with Crippen LogP contribution in [0.4, 0.5) is 0 Å². The fourth-order valence-corrected chi connectivity index (χ4v) is 2.90. The van der Waals surface area contributed by atoms with E-state index < -0.39 is 0 Å². The molecule has 0 radical (unpaired) electrons. The summed E-state index contributed by atoms with van der Waals surface area (Å²) in [7, 11) is 0. The third kappa shape index (κ3) is 0.743. The SMILES string of the molecule is CC1C(=O)C[C@H]2C[C@H]1C2(C)C. The van der Waals surface area contributed by atoms with Crippen molar-refractivity contribution in [2.45, 2.75) is 33.6 Å². The van der Waals surface area contributed by atoms with Gasteiger partial charge in [0.05, 0.1) is 0 Å². The molecule has 0 aromatic heterocycles. The Hall–Kier alpha value is -0.330. The Labute approximate surface area is 68.2 Å². The van der Waals surface area contributed by atoms with Gasteiger partial charge in [-0.2, -0.15) is 0 Å². The first-order chi connectivity index (χ1) is 5.03. The fraction of sp³-hybridized carbons (Fsp3) is 0.900. The molecule has 0 amide bonds. The summed E-state index contributed by atoms with van der Waals surface area (Å²) in [6, 6.07) is 0. The Morgan fingerprint density at radius 1 is 1.45 bits per heavy atom. The molecule has 1 heteroatoms. The van der Waals surface area contributed by atoms with Crippen LogP contribution in [0.15, 0.2) is 0 Å². The molecule has 3 rings (SSSR count). The zero-order valence-corrected chi connectivity index (χ0v) is 7.55. The molecule has 0 aliphatic heterocycles. The number of hydrogen-bond acceptors (Lipinski definition) is 1. The molecule has 3 aliphatic carbocycles. The van der Waals surface area contributed by atoms with Gasteiger partial charge >= 0.3 is 0 Å². The van der Waals surface area contributed by atoms with Crippen molar-refractivity contribution < 1.29 is 4.79 Å². The molecule has 0 saturated heterocycles. The third-order valence-electron chi connectivity index (χ3n) is 4.11. The maximum absolute atomic E-state index is 11.3. The monoisotopic (exact) mass is 152 g/mol. The summed E-state index contributed by atoms with van der Waals surface area (Å²) >= 11 is 0. The second-order valence-corrected chi connectivity index (χ2v) is 4.82. The minimum atomic E-state index is 0.343. The van der Waals surface area contributed by atoms with Gasteiger partial charge in [-0.25, -0.2) is 0 Å². The molecule has 1 unspecified atom stereocenters. The molecule has 62 valence electrons. The molecule has 0 N–H and O–H groups in total. The summed E-state index contributed by atoms with van der Waals surface area (Å²) in [5.74, 6) is 2.24. The summed E-state index contributed by atoms with van der Waals surface area (Å²) in [5, 5.41) is 0. The van der Waals surface area contributed by atoms with E-state index in [1.165, 1.54) is 6.42 Å². The minimum absolute atomic E-state index is 0.343. The van der Waals surface area contributed by atoms with Crippen LogP contribution in [0.25, 0.3) is 0 Å². The Morgan fingerprint density at radius 3 is 2.45 bits per heavy atom. The molecule has 0 aromatic rings. The van der Waals surface area contributed by atoms with Crippen molar-refractivity contribution in [1.29, 1.82) is 0 Å². The van der Waals surface area contributed by atoms with Gasteiger partial charge in [0.1, 0.15) is 5.78 Å². The highest BCUT2D eigenvalue weighted by Crippen LogP contribution is 2.59. The molecule has 3 fully saturated rings. The highest BCUT2D eigenvalue weighted by molar-refractivity contribution is 5.83. The van der Waals surface area contributed by atoms with E-state index in [-0.39, 0.29) is 0 Å². The average Bonchev–Trinajstić information content (AvgIpc) is 1.93. The van der Waals surface area contributed by atoms with Gasteiger partial charge in [0.25, 0.3) is 0 Å². The quantitative estimate of drug-likeness (QED) is 0.520. The Balaban J connectivity index is 2.23. The van der Waals surface area contributed by atoms with Gasteiger partial charge < -0.3 is 0 Å². The van der Waals surface area contributed by atoms with Crippen molar-refractivity contribution in [1.82, 2.24) is 0 Å². The van der Waals surface area contributed by atoms with E-state index in [1.807, 2.05) is 0 Å². The molecule has 3 atom stereocenters. The lowest BCUT2D eigenvalue weighted by atomic mass is 9.45. The van der Waals surface area contributed by atoms with Gasteiger partial charge in [-0.05, 0) is 23.7 Å². The summed E-state index contributed by atoms with van der Waals surface area (Å²) in [6.07, 6.45) is 2.16. The first-order valence-electron chi connectivity index (χ1n) is 4.56.